The summed E-state index contributed by atoms with van der Waals surface area (Å²) in [6, 6.07) is 5.08. The third-order valence-electron chi connectivity index (χ3n) is 3.81. The van der Waals surface area contributed by atoms with Crippen molar-refractivity contribution in [3.8, 4) is 0 Å². The predicted octanol–water partition coefficient (Wildman–Crippen LogP) is 3.82. The maximum absolute atomic E-state index is 13.2. The fourth-order valence-corrected chi connectivity index (χ4v) is 3.70. The van der Waals surface area contributed by atoms with E-state index in [1.54, 1.807) is 19.1 Å². The van der Waals surface area contributed by atoms with Crippen LogP contribution in [0.3, 0.4) is 0 Å². The van der Waals surface area contributed by atoms with Crippen LogP contribution in [0.1, 0.15) is 52.2 Å². The number of nitrogens with zero attached hydrogens (tertiary/aromatic N) is 1. The molecule has 1 heterocycles. The van der Waals surface area contributed by atoms with Crippen LogP contribution in [-0.2, 0) is 16.0 Å². The summed E-state index contributed by atoms with van der Waals surface area (Å²) in [5, 5.41) is 3.76. The van der Waals surface area contributed by atoms with Gasteiger partial charge in [-0.1, -0.05) is 26.0 Å². The van der Waals surface area contributed by atoms with Gasteiger partial charge in [-0.15, -0.1) is 11.3 Å². The summed E-state index contributed by atoms with van der Waals surface area (Å²) in [6.45, 7) is 5.98. The Morgan fingerprint density at radius 3 is 2.50 bits per heavy atom. The van der Waals surface area contributed by atoms with Crippen LogP contribution in [0.4, 0.5) is 4.39 Å². The summed E-state index contributed by atoms with van der Waals surface area (Å²) >= 11 is 1.36. The lowest BCUT2D eigenvalue weighted by Gasteiger charge is -2.18. The Kier molecular flexibility index (Phi) is 6.85. The van der Waals surface area contributed by atoms with Gasteiger partial charge in [0.1, 0.15) is 10.7 Å². The lowest BCUT2D eigenvalue weighted by atomic mass is 10.0. The van der Waals surface area contributed by atoms with Gasteiger partial charge in [-0.25, -0.2) is 9.37 Å². The Morgan fingerprint density at radius 1 is 1.27 bits per heavy atom. The van der Waals surface area contributed by atoms with Gasteiger partial charge in [0.2, 0.25) is 0 Å². The van der Waals surface area contributed by atoms with Gasteiger partial charge in [0.05, 0.1) is 30.3 Å². The Bertz CT molecular complexity index is 772. The van der Waals surface area contributed by atoms with Crippen LogP contribution >= 0.6 is 11.3 Å². The molecule has 0 spiro atoms. The predicted molar refractivity (Wildman–Crippen MR) is 98.6 cm³/mol. The number of rotatable bonds is 7. The van der Waals surface area contributed by atoms with E-state index >= 15 is 0 Å². The Balaban J connectivity index is 2.21. The zero-order valence-corrected chi connectivity index (χ0v) is 16.2. The van der Waals surface area contributed by atoms with Crippen LogP contribution in [0.15, 0.2) is 24.3 Å². The summed E-state index contributed by atoms with van der Waals surface area (Å²) in [5.41, 5.74) is 1.30. The van der Waals surface area contributed by atoms with Crippen LogP contribution in [0.5, 0.6) is 0 Å². The number of carbonyl (C=O) groups is 2. The largest absolute Gasteiger partial charge is 0.469 e. The minimum Gasteiger partial charge on any atom is -0.469 e. The number of esters is 1. The number of benzene rings is 1. The van der Waals surface area contributed by atoms with Gasteiger partial charge in [-0.2, -0.15) is 0 Å². The summed E-state index contributed by atoms with van der Waals surface area (Å²) < 4.78 is 17.9. The smallest absolute Gasteiger partial charge is 0.307 e. The van der Waals surface area contributed by atoms with Gasteiger partial charge in [-0.3, -0.25) is 9.59 Å². The van der Waals surface area contributed by atoms with Crippen molar-refractivity contribution in [3.05, 3.63) is 51.2 Å². The van der Waals surface area contributed by atoms with Gasteiger partial charge < -0.3 is 10.1 Å². The Labute approximate surface area is 156 Å². The molecule has 0 aliphatic carbocycles. The molecule has 0 saturated heterocycles. The molecule has 1 aromatic carbocycles. The van der Waals surface area contributed by atoms with Crippen molar-refractivity contribution in [2.45, 2.75) is 39.7 Å². The number of hydrogen-bond donors (Lipinski definition) is 1. The van der Waals surface area contributed by atoms with E-state index < -0.39 is 12.0 Å². The zero-order valence-electron chi connectivity index (χ0n) is 15.3. The number of halogens is 1. The molecule has 2 aromatic rings. The number of thiazole rings is 1. The van der Waals surface area contributed by atoms with Crippen molar-refractivity contribution >= 4 is 23.2 Å². The molecule has 0 fully saturated rings. The SMILES string of the molecule is COC(=O)CC(NC(=O)c1sc(CC(C)C)nc1C)c1ccc(F)cc1. The summed E-state index contributed by atoms with van der Waals surface area (Å²) in [5.74, 6) is -0.689. The molecule has 1 N–H and O–H groups in total. The molecule has 0 bridgehead atoms. The molecule has 1 atom stereocenters. The average molecular weight is 378 g/mol. The van der Waals surface area contributed by atoms with Crippen molar-refractivity contribution < 1.29 is 18.7 Å². The first-order chi connectivity index (χ1) is 12.3. The highest BCUT2D eigenvalue weighted by atomic mass is 32.1. The lowest BCUT2D eigenvalue weighted by molar-refractivity contribution is -0.141. The topological polar surface area (TPSA) is 68.3 Å². The molecule has 1 aromatic heterocycles. The molecule has 5 nitrogen and oxygen atoms in total. The molecule has 7 heteroatoms. The molecule has 0 aliphatic rings. The first-order valence-electron chi connectivity index (χ1n) is 8.39. The van der Waals surface area contributed by atoms with Gasteiger partial charge in [0.15, 0.2) is 0 Å². The number of ether oxygens (including phenoxy) is 1. The second-order valence-corrected chi connectivity index (χ2v) is 7.56. The molecule has 0 aliphatic heterocycles. The molecular weight excluding hydrogens is 355 g/mol. The zero-order chi connectivity index (χ0) is 19.3. The van der Waals surface area contributed by atoms with E-state index in [0.717, 1.165) is 11.4 Å². The molecule has 26 heavy (non-hydrogen) atoms. The standard InChI is InChI=1S/C19H23FN2O3S/c1-11(2)9-16-21-12(3)18(26-16)19(24)22-15(10-17(23)25-4)13-5-7-14(20)8-6-13/h5-8,11,15H,9-10H2,1-4H3,(H,22,24). The number of methoxy groups -OCH3 is 1. The Morgan fingerprint density at radius 2 is 1.92 bits per heavy atom. The van der Waals surface area contributed by atoms with Gasteiger partial charge in [0, 0.05) is 6.42 Å². The van der Waals surface area contributed by atoms with E-state index in [1.165, 1.54) is 30.6 Å². The summed E-state index contributed by atoms with van der Waals surface area (Å²) in [4.78, 5) is 29.4. The van der Waals surface area contributed by atoms with Crippen LogP contribution in [0, 0.1) is 18.7 Å². The number of hydrogen-bond acceptors (Lipinski definition) is 5. The van der Waals surface area contributed by atoms with E-state index in [1.807, 2.05) is 0 Å². The van der Waals surface area contributed by atoms with Gasteiger partial charge >= 0.3 is 5.97 Å². The van der Waals surface area contributed by atoms with Crippen molar-refractivity contribution in [2.24, 2.45) is 5.92 Å². The maximum atomic E-state index is 13.2. The quantitative estimate of drug-likeness (QED) is 0.744. The number of amides is 1. The fourth-order valence-electron chi connectivity index (χ4n) is 2.52. The highest BCUT2D eigenvalue weighted by molar-refractivity contribution is 7.13. The summed E-state index contributed by atoms with van der Waals surface area (Å²) in [7, 11) is 1.29. The van der Waals surface area contributed by atoms with Crippen LogP contribution in [0.25, 0.3) is 0 Å². The molecule has 1 amide bonds. The van der Waals surface area contributed by atoms with E-state index in [4.69, 9.17) is 4.74 Å². The van der Waals surface area contributed by atoms with Crippen molar-refractivity contribution in [2.75, 3.05) is 7.11 Å². The van der Waals surface area contributed by atoms with Crippen LogP contribution < -0.4 is 5.32 Å². The van der Waals surface area contributed by atoms with E-state index in [0.29, 0.717) is 22.1 Å². The molecule has 0 radical (unpaired) electrons. The first-order valence-corrected chi connectivity index (χ1v) is 9.21. The van der Waals surface area contributed by atoms with Crippen LogP contribution in [-0.4, -0.2) is 24.0 Å². The van der Waals surface area contributed by atoms with Gasteiger partial charge in [0.25, 0.3) is 5.91 Å². The van der Waals surface area contributed by atoms with E-state index in [2.05, 4.69) is 24.1 Å². The second-order valence-electron chi connectivity index (χ2n) is 6.48. The highest BCUT2D eigenvalue weighted by Crippen LogP contribution is 2.23. The third-order valence-corrected chi connectivity index (χ3v) is 4.98. The Hall–Kier alpha value is -2.28. The molecule has 0 saturated carbocycles. The van der Waals surface area contributed by atoms with Crippen molar-refractivity contribution in [3.63, 3.8) is 0 Å². The van der Waals surface area contributed by atoms with Gasteiger partial charge in [-0.05, 0) is 30.5 Å². The maximum Gasteiger partial charge on any atom is 0.307 e. The fraction of sp³-hybridized carbons (Fsp3) is 0.421. The monoisotopic (exact) mass is 378 g/mol. The second kappa shape index (κ2) is 8.89. The molecular formula is C19H23FN2O3S. The van der Waals surface area contributed by atoms with Crippen LogP contribution in [0.2, 0.25) is 0 Å². The number of nitrogens with one attached hydrogen (secondary N) is 1. The molecule has 2 rings (SSSR count). The average Bonchev–Trinajstić information content (AvgIpc) is 2.94. The lowest BCUT2D eigenvalue weighted by Crippen LogP contribution is -2.30. The molecule has 1 unspecified atom stereocenters. The van der Waals surface area contributed by atoms with Crippen molar-refractivity contribution in [1.82, 2.24) is 10.3 Å². The number of carbonyl (C=O) groups excluding carboxylic acids is 2. The van der Waals surface area contributed by atoms with E-state index in [9.17, 15) is 14.0 Å². The van der Waals surface area contributed by atoms with E-state index in [-0.39, 0.29) is 18.1 Å². The highest BCUT2D eigenvalue weighted by Gasteiger charge is 2.23. The number of aromatic nitrogens is 1. The summed E-state index contributed by atoms with van der Waals surface area (Å²) in [6.07, 6.45) is 0.771. The van der Waals surface area contributed by atoms with Crippen molar-refractivity contribution in [1.29, 1.82) is 0 Å². The normalized spacial score (nSPS) is 12.1. The first kappa shape index (κ1) is 20.0. The number of aryl methyl sites for hydroxylation is 1. The molecule has 140 valence electrons. The minimum absolute atomic E-state index is 0.0371. The third kappa shape index (κ3) is 5.36. The minimum atomic E-state index is -0.606.